The summed E-state index contributed by atoms with van der Waals surface area (Å²) < 4.78 is 2.33. The molecule has 0 fully saturated rings. The smallest absolute Gasteiger partial charge is 0.123 e. The fourth-order valence-electron chi connectivity index (χ4n) is 2.24. The van der Waals surface area contributed by atoms with Crippen molar-refractivity contribution in [2.24, 2.45) is 0 Å². The number of para-hydroxylation sites is 2. The number of imidazole rings is 1. The number of nitrogens with zero attached hydrogens (tertiary/aromatic N) is 3. The van der Waals surface area contributed by atoms with Crippen molar-refractivity contribution in [3.05, 3.63) is 30.1 Å². The van der Waals surface area contributed by atoms with Gasteiger partial charge in [-0.1, -0.05) is 19.1 Å². The van der Waals surface area contributed by atoms with E-state index >= 15 is 0 Å². The zero-order chi connectivity index (χ0) is 13.7. The maximum absolute atomic E-state index is 4.73. The van der Waals surface area contributed by atoms with Gasteiger partial charge in [0, 0.05) is 19.6 Å². The second-order valence-electron chi connectivity index (χ2n) is 5.15. The van der Waals surface area contributed by atoms with E-state index in [0.717, 1.165) is 43.9 Å². The maximum atomic E-state index is 4.73. The van der Waals surface area contributed by atoms with Crippen LogP contribution in [-0.2, 0) is 13.1 Å². The van der Waals surface area contributed by atoms with Crippen LogP contribution in [0.2, 0.25) is 0 Å². The SMILES string of the molecule is CCCn1c(CNCCN(C)C)nc2ccccc21. The average Bonchev–Trinajstić information content (AvgIpc) is 2.74. The molecule has 2 aromatic rings. The maximum Gasteiger partial charge on any atom is 0.123 e. The van der Waals surface area contributed by atoms with E-state index < -0.39 is 0 Å². The summed E-state index contributed by atoms with van der Waals surface area (Å²) >= 11 is 0. The zero-order valence-electron chi connectivity index (χ0n) is 12.2. The standard InChI is InChI=1S/C15H24N4/c1-4-10-19-14-8-6-5-7-13(14)17-15(19)12-16-9-11-18(2)3/h5-8,16H,4,9-12H2,1-3H3. The van der Waals surface area contributed by atoms with Crippen molar-refractivity contribution in [1.29, 1.82) is 0 Å². The largest absolute Gasteiger partial charge is 0.327 e. The van der Waals surface area contributed by atoms with E-state index in [2.05, 4.69) is 60.1 Å². The van der Waals surface area contributed by atoms with Crippen LogP contribution in [0, 0.1) is 0 Å². The molecule has 0 aliphatic carbocycles. The summed E-state index contributed by atoms with van der Waals surface area (Å²) in [7, 11) is 4.18. The zero-order valence-corrected chi connectivity index (χ0v) is 12.2. The molecule has 4 heteroatoms. The number of hydrogen-bond donors (Lipinski definition) is 1. The molecule has 2 rings (SSSR count). The number of benzene rings is 1. The third-order valence-corrected chi connectivity index (χ3v) is 3.20. The molecule has 0 saturated carbocycles. The molecule has 0 radical (unpaired) electrons. The van der Waals surface area contributed by atoms with Crippen LogP contribution in [0.25, 0.3) is 11.0 Å². The molecule has 0 saturated heterocycles. The third kappa shape index (κ3) is 3.55. The summed E-state index contributed by atoms with van der Waals surface area (Å²) in [6.07, 6.45) is 1.13. The van der Waals surface area contributed by atoms with Gasteiger partial charge in [-0.2, -0.15) is 0 Å². The van der Waals surface area contributed by atoms with Crippen LogP contribution < -0.4 is 5.32 Å². The minimum absolute atomic E-state index is 0.836. The van der Waals surface area contributed by atoms with Crippen molar-refractivity contribution in [2.45, 2.75) is 26.4 Å². The summed E-state index contributed by atoms with van der Waals surface area (Å²) in [6, 6.07) is 8.38. The Bertz CT molecular complexity index is 516. The lowest BCUT2D eigenvalue weighted by Crippen LogP contribution is -2.27. The molecule has 1 aromatic heterocycles. The van der Waals surface area contributed by atoms with E-state index in [1.54, 1.807) is 0 Å². The molecule has 1 aromatic carbocycles. The molecule has 0 atom stereocenters. The van der Waals surface area contributed by atoms with Crippen molar-refractivity contribution in [3.8, 4) is 0 Å². The molecule has 1 N–H and O–H groups in total. The van der Waals surface area contributed by atoms with Crippen LogP contribution in [-0.4, -0.2) is 41.6 Å². The van der Waals surface area contributed by atoms with Gasteiger partial charge < -0.3 is 14.8 Å². The highest BCUT2D eigenvalue weighted by Gasteiger charge is 2.08. The van der Waals surface area contributed by atoms with E-state index in [1.165, 1.54) is 5.52 Å². The summed E-state index contributed by atoms with van der Waals surface area (Å²) in [5.41, 5.74) is 2.34. The third-order valence-electron chi connectivity index (χ3n) is 3.20. The topological polar surface area (TPSA) is 33.1 Å². The summed E-state index contributed by atoms with van der Waals surface area (Å²) in [6.45, 7) is 6.11. The number of fused-ring (bicyclic) bond motifs is 1. The number of likely N-dealkylation sites (N-methyl/N-ethyl adjacent to an activating group) is 1. The van der Waals surface area contributed by atoms with Gasteiger partial charge in [-0.25, -0.2) is 4.98 Å². The second-order valence-corrected chi connectivity index (χ2v) is 5.15. The van der Waals surface area contributed by atoms with E-state index in [1.807, 2.05) is 0 Å². The quantitative estimate of drug-likeness (QED) is 0.774. The summed E-state index contributed by atoms with van der Waals surface area (Å²) in [5.74, 6) is 1.14. The molecule has 19 heavy (non-hydrogen) atoms. The van der Waals surface area contributed by atoms with Gasteiger partial charge in [0.15, 0.2) is 0 Å². The van der Waals surface area contributed by atoms with Gasteiger partial charge in [0.2, 0.25) is 0 Å². The lowest BCUT2D eigenvalue weighted by Gasteiger charge is -2.11. The van der Waals surface area contributed by atoms with Crippen LogP contribution in [0.3, 0.4) is 0 Å². The van der Waals surface area contributed by atoms with Crippen LogP contribution in [0.5, 0.6) is 0 Å². The molecule has 0 amide bonds. The van der Waals surface area contributed by atoms with Crippen LogP contribution >= 0.6 is 0 Å². The van der Waals surface area contributed by atoms with Crippen molar-refractivity contribution >= 4 is 11.0 Å². The minimum atomic E-state index is 0.836. The molecular formula is C15H24N4. The molecular weight excluding hydrogens is 236 g/mol. The first-order valence-corrected chi connectivity index (χ1v) is 7.02. The van der Waals surface area contributed by atoms with Crippen LogP contribution in [0.15, 0.2) is 24.3 Å². The number of hydrogen-bond acceptors (Lipinski definition) is 3. The van der Waals surface area contributed by atoms with Gasteiger partial charge in [0.1, 0.15) is 5.82 Å². The van der Waals surface area contributed by atoms with Gasteiger partial charge in [-0.15, -0.1) is 0 Å². The Kier molecular flexibility index (Phi) is 4.93. The lowest BCUT2D eigenvalue weighted by atomic mass is 10.3. The molecule has 4 nitrogen and oxygen atoms in total. The highest BCUT2D eigenvalue weighted by atomic mass is 15.1. The van der Waals surface area contributed by atoms with E-state index in [0.29, 0.717) is 0 Å². The van der Waals surface area contributed by atoms with Crippen molar-refractivity contribution in [3.63, 3.8) is 0 Å². The van der Waals surface area contributed by atoms with Crippen molar-refractivity contribution < 1.29 is 0 Å². The van der Waals surface area contributed by atoms with Gasteiger partial charge >= 0.3 is 0 Å². The number of aryl methyl sites for hydroxylation is 1. The number of rotatable bonds is 7. The normalized spacial score (nSPS) is 11.6. The Morgan fingerprint density at radius 1 is 1.26 bits per heavy atom. The Labute approximate surface area is 115 Å². The average molecular weight is 260 g/mol. The fourth-order valence-corrected chi connectivity index (χ4v) is 2.24. The molecule has 0 bridgehead atoms. The van der Waals surface area contributed by atoms with Crippen molar-refractivity contribution in [1.82, 2.24) is 19.8 Å². The van der Waals surface area contributed by atoms with Crippen molar-refractivity contribution in [2.75, 3.05) is 27.2 Å². The monoisotopic (exact) mass is 260 g/mol. The number of aromatic nitrogens is 2. The van der Waals surface area contributed by atoms with E-state index in [4.69, 9.17) is 4.98 Å². The van der Waals surface area contributed by atoms with Crippen LogP contribution in [0.1, 0.15) is 19.2 Å². The first kappa shape index (κ1) is 14.0. The second kappa shape index (κ2) is 6.68. The highest BCUT2D eigenvalue weighted by Crippen LogP contribution is 2.16. The van der Waals surface area contributed by atoms with Gasteiger partial charge in [-0.05, 0) is 32.6 Å². The van der Waals surface area contributed by atoms with E-state index in [-0.39, 0.29) is 0 Å². The molecule has 1 heterocycles. The van der Waals surface area contributed by atoms with Gasteiger partial charge in [0.05, 0.1) is 17.6 Å². The Balaban J connectivity index is 2.10. The molecule has 0 aliphatic heterocycles. The molecule has 104 valence electrons. The van der Waals surface area contributed by atoms with Gasteiger partial charge in [0.25, 0.3) is 0 Å². The predicted molar refractivity (Wildman–Crippen MR) is 80.3 cm³/mol. The molecule has 0 aliphatic rings. The lowest BCUT2D eigenvalue weighted by molar-refractivity contribution is 0.397. The molecule has 0 unspecified atom stereocenters. The summed E-state index contributed by atoms with van der Waals surface area (Å²) in [5, 5.41) is 3.47. The van der Waals surface area contributed by atoms with E-state index in [9.17, 15) is 0 Å². The Morgan fingerprint density at radius 2 is 2.05 bits per heavy atom. The summed E-state index contributed by atoms with van der Waals surface area (Å²) in [4.78, 5) is 6.92. The number of nitrogens with one attached hydrogen (secondary N) is 1. The first-order valence-electron chi connectivity index (χ1n) is 7.02. The highest BCUT2D eigenvalue weighted by molar-refractivity contribution is 5.75. The predicted octanol–water partition coefficient (Wildman–Crippen LogP) is 2.10. The van der Waals surface area contributed by atoms with Crippen LogP contribution in [0.4, 0.5) is 0 Å². The Morgan fingerprint density at radius 3 is 2.79 bits per heavy atom. The van der Waals surface area contributed by atoms with Gasteiger partial charge in [-0.3, -0.25) is 0 Å². The Hall–Kier alpha value is -1.39. The first-order chi connectivity index (χ1) is 9.22. The minimum Gasteiger partial charge on any atom is -0.327 e. The molecule has 0 spiro atoms. The fraction of sp³-hybridized carbons (Fsp3) is 0.533.